The monoisotopic (exact) mass is 722 g/mol. The van der Waals surface area contributed by atoms with Crippen LogP contribution >= 0.6 is 0 Å². The van der Waals surface area contributed by atoms with Crippen LogP contribution in [0.3, 0.4) is 0 Å². The lowest BCUT2D eigenvalue weighted by molar-refractivity contribution is -0.184. The number of aliphatic hydroxyl groups is 2. The minimum Gasteiger partial charge on any atom is -0.481 e. The molecule has 0 bridgehead atoms. The summed E-state index contributed by atoms with van der Waals surface area (Å²) in [6, 6.07) is 8.04. The fraction of sp³-hybridized carbons (Fsp3) is 0.650. The van der Waals surface area contributed by atoms with Gasteiger partial charge in [0.25, 0.3) is 0 Å². The Kier molecular flexibility index (Phi) is 11.8. The van der Waals surface area contributed by atoms with Crippen LogP contribution in [-0.2, 0) is 33.5 Å². The minimum atomic E-state index is -1.79. The molecule has 5 rings (SSSR count). The number of ether oxygens (including phenoxy) is 1. The van der Waals surface area contributed by atoms with Crippen LogP contribution < -0.4 is 10.6 Å². The number of aliphatic carboxylic acids is 1. The normalized spacial score (nSPS) is 32.0. The Bertz CT molecular complexity index is 1590. The molecule has 3 fully saturated rings. The van der Waals surface area contributed by atoms with Gasteiger partial charge in [-0.1, -0.05) is 63.6 Å². The van der Waals surface area contributed by atoms with E-state index in [2.05, 4.69) is 17.6 Å². The highest BCUT2D eigenvalue weighted by Crippen LogP contribution is 2.67. The predicted octanol–water partition coefficient (Wildman–Crippen LogP) is 3.63. The number of benzene rings is 1. The second-order valence-corrected chi connectivity index (χ2v) is 16.3. The summed E-state index contributed by atoms with van der Waals surface area (Å²) in [5.41, 5.74) is -1.13. The molecule has 4 aliphatic rings. The van der Waals surface area contributed by atoms with Crippen molar-refractivity contribution in [3.05, 3.63) is 47.5 Å². The average molecular weight is 723 g/mol. The summed E-state index contributed by atoms with van der Waals surface area (Å²) in [6.45, 7) is 6.90. The molecular weight excluding hydrogens is 668 g/mol. The summed E-state index contributed by atoms with van der Waals surface area (Å²) in [7, 11) is 0. The van der Waals surface area contributed by atoms with Gasteiger partial charge in [-0.25, -0.2) is 0 Å². The first-order valence-electron chi connectivity index (χ1n) is 18.7. The molecule has 0 heterocycles. The number of ketones is 2. The zero-order chi connectivity index (χ0) is 38.0. The van der Waals surface area contributed by atoms with E-state index in [1.807, 2.05) is 13.0 Å². The molecule has 0 spiro atoms. The maximum Gasteiger partial charge on any atom is 0.306 e. The van der Waals surface area contributed by atoms with Crippen molar-refractivity contribution < 1.29 is 48.8 Å². The zero-order valence-electron chi connectivity index (χ0n) is 30.7. The number of nitrogens with one attached hydrogen (secondary N) is 2. The van der Waals surface area contributed by atoms with Crippen LogP contribution in [0.2, 0.25) is 0 Å². The van der Waals surface area contributed by atoms with Gasteiger partial charge in [0, 0.05) is 30.7 Å². The number of carboxylic acid groups (broad SMARTS) is 1. The number of hydrogen-bond acceptors (Lipinski definition) is 9. The van der Waals surface area contributed by atoms with Crippen molar-refractivity contribution in [2.24, 2.45) is 34.5 Å². The number of Topliss-reactive ketones (excluding diaryl/α,β-unsaturated/α-hetero) is 1. The molecule has 1 aromatic rings. The average Bonchev–Trinajstić information content (AvgIpc) is 3.37. The van der Waals surface area contributed by atoms with Crippen LogP contribution in [0.25, 0.3) is 0 Å². The molecule has 0 unspecified atom stereocenters. The van der Waals surface area contributed by atoms with Gasteiger partial charge in [-0.15, -0.1) is 0 Å². The lowest BCUT2D eigenvalue weighted by Gasteiger charge is -2.60. The van der Waals surface area contributed by atoms with E-state index in [0.29, 0.717) is 19.3 Å². The van der Waals surface area contributed by atoms with Gasteiger partial charge in [-0.2, -0.15) is 0 Å². The molecule has 0 aromatic heterocycles. The summed E-state index contributed by atoms with van der Waals surface area (Å²) < 4.78 is 5.27. The van der Waals surface area contributed by atoms with Crippen molar-refractivity contribution >= 4 is 35.3 Å². The lowest BCUT2D eigenvalue weighted by atomic mass is 9.45. The van der Waals surface area contributed by atoms with E-state index in [4.69, 9.17) is 4.74 Å². The number of rotatable bonds is 14. The topological polar surface area (TPSA) is 196 Å². The Labute approximate surface area is 305 Å². The van der Waals surface area contributed by atoms with Crippen LogP contribution in [0.1, 0.15) is 103 Å². The Morgan fingerprint density at radius 3 is 2.38 bits per heavy atom. The molecule has 0 aliphatic heterocycles. The second-order valence-electron chi connectivity index (χ2n) is 16.3. The third-order valence-electron chi connectivity index (χ3n) is 12.9. The third-order valence-corrected chi connectivity index (χ3v) is 12.9. The highest BCUT2D eigenvalue weighted by Gasteiger charge is 2.68. The summed E-state index contributed by atoms with van der Waals surface area (Å²) in [5, 5.41) is 38.3. The van der Waals surface area contributed by atoms with Crippen LogP contribution in [0, 0.1) is 34.5 Å². The highest BCUT2D eigenvalue weighted by molar-refractivity contribution is 5.93. The summed E-state index contributed by atoms with van der Waals surface area (Å²) in [5.74, 6) is -4.12. The summed E-state index contributed by atoms with van der Waals surface area (Å²) in [4.78, 5) is 75.8. The fourth-order valence-electron chi connectivity index (χ4n) is 10.1. The van der Waals surface area contributed by atoms with Gasteiger partial charge in [0.1, 0.15) is 11.6 Å². The van der Waals surface area contributed by atoms with Crippen LogP contribution in [0.4, 0.5) is 0 Å². The van der Waals surface area contributed by atoms with E-state index in [9.17, 15) is 44.1 Å². The molecule has 284 valence electrons. The summed E-state index contributed by atoms with van der Waals surface area (Å²) >= 11 is 0. The van der Waals surface area contributed by atoms with Crippen LogP contribution in [0.5, 0.6) is 0 Å². The molecule has 12 heteroatoms. The van der Waals surface area contributed by atoms with Crippen molar-refractivity contribution in [3.63, 3.8) is 0 Å². The summed E-state index contributed by atoms with van der Waals surface area (Å²) in [6.07, 6.45) is 3.86. The first-order chi connectivity index (χ1) is 24.5. The van der Waals surface area contributed by atoms with Crippen molar-refractivity contribution in [2.45, 2.75) is 116 Å². The maximum atomic E-state index is 13.6. The Balaban J connectivity index is 1.12. The quantitative estimate of drug-likeness (QED) is 0.177. The van der Waals surface area contributed by atoms with E-state index in [0.717, 1.165) is 24.0 Å². The molecule has 12 nitrogen and oxygen atoms in total. The van der Waals surface area contributed by atoms with E-state index >= 15 is 0 Å². The fourth-order valence-corrected chi connectivity index (χ4v) is 10.1. The van der Waals surface area contributed by atoms with Gasteiger partial charge in [0.15, 0.2) is 12.4 Å². The number of amides is 2. The Hall–Kier alpha value is -3.90. The van der Waals surface area contributed by atoms with Gasteiger partial charge in [-0.3, -0.25) is 28.8 Å². The Morgan fingerprint density at radius 2 is 1.71 bits per heavy atom. The van der Waals surface area contributed by atoms with Gasteiger partial charge in [0.05, 0.1) is 18.9 Å². The smallest absolute Gasteiger partial charge is 0.306 e. The van der Waals surface area contributed by atoms with Crippen LogP contribution in [-0.4, -0.2) is 81.5 Å². The minimum absolute atomic E-state index is 0.0160. The van der Waals surface area contributed by atoms with E-state index in [1.165, 1.54) is 0 Å². The van der Waals surface area contributed by atoms with Crippen molar-refractivity contribution in [2.75, 3.05) is 13.2 Å². The molecule has 1 aromatic carbocycles. The Morgan fingerprint density at radius 1 is 1.00 bits per heavy atom. The molecule has 4 aliphatic carbocycles. The standard InChI is InChI=1S/C40H54N2O10/c1-23(2)36(37(50)41-21-25(18-33(47)48)24-8-6-5-7-9-24)42-32(46)12-13-34(49)52-22-31(45)40(51)17-15-29-28-11-10-26-19-27(43)14-16-38(26,3)35(28)30(44)20-39(29,40)4/h5-9,19,23,25,28-30,35-36,44,51H,10-18,20-22H2,1-4H3,(H,41,50)(H,42,46)(H,47,48)/t25-,28-,29+,30-,35-,36+,38-,39-,40+/m0/s1. The largest absolute Gasteiger partial charge is 0.481 e. The molecule has 9 atom stereocenters. The number of allylic oxidation sites excluding steroid dienone is 1. The molecule has 5 N–H and O–H groups in total. The van der Waals surface area contributed by atoms with Crippen molar-refractivity contribution in [1.29, 1.82) is 0 Å². The SMILES string of the molecule is CC(C)[C@@H](NC(=O)CCC(=O)OCC(=O)[C@]1(O)CC[C@@H]2[C@@H]3CCC4=CC(=O)CC[C@]4(C)[C@@H]3[C@@H](O)C[C@@]21C)C(=O)NC[C@H](CC(=O)O)c1ccccc1. The van der Waals surface area contributed by atoms with E-state index in [1.54, 1.807) is 44.2 Å². The van der Waals surface area contributed by atoms with Gasteiger partial charge >= 0.3 is 11.9 Å². The van der Waals surface area contributed by atoms with Crippen LogP contribution in [0.15, 0.2) is 42.0 Å². The molecular formula is C40H54N2O10. The number of hydrogen-bond donors (Lipinski definition) is 5. The predicted molar refractivity (Wildman–Crippen MR) is 189 cm³/mol. The number of carbonyl (C=O) groups excluding carboxylic acids is 5. The van der Waals surface area contributed by atoms with E-state index in [-0.39, 0.29) is 73.5 Å². The molecule has 3 saturated carbocycles. The number of fused-ring (bicyclic) bond motifs is 5. The maximum absolute atomic E-state index is 13.6. The third kappa shape index (κ3) is 7.74. The van der Waals surface area contributed by atoms with E-state index < -0.39 is 65.2 Å². The highest BCUT2D eigenvalue weighted by atomic mass is 16.5. The number of esters is 1. The number of aliphatic hydroxyl groups excluding tert-OH is 1. The first-order valence-corrected chi connectivity index (χ1v) is 18.7. The lowest BCUT2D eigenvalue weighted by Crippen LogP contribution is -2.62. The molecule has 52 heavy (non-hydrogen) atoms. The van der Waals surface area contributed by atoms with Crippen molar-refractivity contribution in [3.8, 4) is 0 Å². The van der Waals surface area contributed by atoms with Gasteiger partial charge in [0.2, 0.25) is 17.6 Å². The number of carboxylic acids is 1. The van der Waals surface area contributed by atoms with Gasteiger partial charge in [-0.05, 0) is 79.3 Å². The number of carbonyl (C=O) groups is 6. The van der Waals surface area contributed by atoms with Gasteiger partial charge < -0.3 is 30.7 Å². The molecule has 0 radical (unpaired) electrons. The van der Waals surface area contributed by atoms with Crippen molar-refractivity contribution in [1.82, 2.24) is 10.6 Å². The zero-order valence-corrected chi connectivity index (χ0v) is 30.7. The molecule has 2 amide bonds. The molecule has 0 saturated heterocycles. The second kappa shape index (κ2) is 15.6. The first kappa shape index (κ1) is 39.3.